The lowest BCUT2D eigenvalue weighted by molar-refractivity contribution is 0.0654. The minimum absolute atomic E-state index is 0.0570. The van der Waals surface area contributed by atoms with Gasteiger partial charge in [-0.1, -0.05) is 6.07 Å². The van der Waals surface area contributed by atoms with E-state index in [1.54, 1.807) is 14.2 Å². The van der Waals surface area contributed by atoms with Crippen LogP contribution in [0.3, 0.4) is 0 Å². The zero-order valence-corrected chi connectivity index (χ0v) is 12.2. The summed E-state index contributed by atoms with van der Waals surface area (Å²) in [5.41, 5.74) is 1.24. The molecule has 0 aliphatic carbocycles. The SMILES string of the molecule is COc1ccc(C2CNC(C)(C)CCO2)cc1OC. The Kier molecular flexibility index (Phi) is 4.32. The van der Waals surface area contributed by atoms with Crippen LogP contribution in [0.5, 0.6) is 11.5 Å². The van der Waals surface area contributed by atoms with Gasteiger partial charge in [0, 0.05) is 18.7 Å². The Morgan fingerprint density at radius 2 is 1.95 bits per heavy atom. The zero-order chi connectivity index (χ0) is 13.9. The monoisotopic (exact) mass is 265 g/mol. The van der Waals surface area contributed by atoms with E-state index in [9.17, 15) is 0 Å². The number of benzene rings is 1. The fourth-order valence-electron chi connectivity index (χ4n) is 2.24. The second-order valence-electron chi connectivity index (χ2n) is 5.49. The molecule has 0 spiro atoms. The lowest BCUT2D eigenvalue weighted by Crippen LogP contribution is -2.39. The molecule has 1 heterocycles. The van der Waals surface area contributed by atoms with Crippen molar-refractivity contribution >= 4 is 0 Å². The normalized spacial score (nSPS) is 22.6. The first kappa shape index (κ1) is 14.2. The Hall–Kier alpha value is -1.26. The van der Waals surface area contributed by atoms with Crippen LogP contribution in [0.25, 0.3) is 0 Å². The van der Waals surface area contributed by atoms with Gasteiger partial charge in [-0.3, -0.25) is 0 Å². The smallest absolute Gasteiger partial charge is 0.161 e. The van der Waals surface area contributed by atoms with Gasteiger partial charge in [-0.05, 0) is 38.0 Å². The molecule has 0 saturated carbocycles. The number of hydrogen-bond acceptors (Lipinski definition) is 4. The molecule has 1 unspecified atom stereocenters. The molecule has 2 rings (SSSR count). The molecule has 0 amide bonds. The van der Waals surface area contributed by atoms with Crippen molar-refractivity contribution in [2.24, 2.45) is 0 Å². The van der Waals surface area contributed by atoms with Crippen molar-refractivity contribution in [3.8, 4) is 11.5 Å². The van der Waals surface area contributed by atoms with Gasteiger partial charge in [0.05, 0.1) is 20.3 Å². The van der Waals surface area contributed by atoms with Gasteiger partial charge in [0.1, 0.15) is 0 Å². The predicted molar refractivity (Wildman–Crippen MR) is 74.9 cm³/mol. The molecule has 4 nitrogen and oxygen atoms in total. The van der Waals surface area contributed by atoms with Crippen LogP contribution in [-0.2, 0) is 4.74 Å². The van der Waals surface area contributed by atoms with Gasteiger partial charge in [-0.15, -0.1) is 0 Å². The highest BCUT2D eigenvalue weighted by atomic mass is 16.5. The average Bonchev–Trinajstić information content (AvgIpc) is 2.59. The number of nitrogens with one attached hydrogen (secondary N) is 1. The summed E-state index contributed by atoms with van der Waals surface area (Å²) in [7, 11) is 3.29. The Morgan fingerprint density at radius 1 is 1.21 bits per heavy atom. The Balaban J connectivity index is 2.17. The summed E-state index contributed by atoms with van der Waals surface area (Å²) in [6, 6.07) is 5.95. The first-order valence-electron chi connectivity index (χ1n) is 6.64. The third-order valence-electron chi connectivity index (χ3n) is 3.59. The van der Waals surface area contributed by atoms with E-state index < -0.39 is 0 Å². The van der Waals surface area contributed by atoms with Gasteiger partial charge in [-0.25, -0.2) is 0 Å². The Morgan fingerprint density at radius 3 is 2.63 bits per heavy atom. The van der Waals surface area contributed by atoms with E-state index in [4.69, 9.17) is 14.2 Å². The number of rotatable bonds is 3. The van der Waals surface area contributed by atoms with Gasteiger partial charge in [0.15, 0.2) is 11.5 Å². The van der Waals surface area contributed by atoms with E-state index >= 15 is 0 Å². The molecule has 1 aliphatic heterocycles. The maximum absolute atomic E-state index is 5.94. The van der Waals surface area contributed by atoms with E-state index in [0.717, 1.165) is 36.6 Å². The van der Waals surface area contributed by atoms with Crippen LogP contribution in [0.2, 0.25) is 0 Å². The first-order valence-corrected chi connectivity index (χ1v) is 6.64. The molecule has 1 N–H and O–H groups in total. The largest absolute Gasteiger partial charge is 0.493 e. The van der Waals surface area contributed by atoms with Gasteiger partial charge >= 0.3 is 0 Å². The summed E-state index contributed by atoms with van der Waals surface area (Å²) in [4.78, 5) is 0. The van der Waals surface area contributed by atoms with E-state index in [1.165, 1.54) is 0 Å². The van der Waals surface area contributed by atoms with Crippen molar-refractivity contribution < 1.29 is 14.2 Å². The molecule has 1 aromatic rings. The maximum atomic E-state index is 5.94. The molecule has 19 heavy (non-hydrogen) atoms. The molecule has 1 aliphatic rings. The molecule has 0 radical (unpaired) electrons. The molecule has 1 saturated heterocycles. The van der Waals surface area contributed by atoms with Crippen LogP contribution < -0.4 is 14.8 Å². The van der Waals surface area contributed by atoms with Crippen LogP contribution in [0.4, 0.5) is 0 Å². The van der Waals surface area contributed by atoms with E-state index in [2.05, 4.69) is 19.2 Å². The van der Waals surface area contributed by atoms with Crippen LogP contribution in [0.1, 0.15) is 31.9 Å². The zero-order valence-electron chi connectivity index (χ0n) is 12.2. The van der Waals surface area contributed by atoms with Crippen molar-refractivity contribution in [3.63, 3.8) is 0 Å². The maximum Gasteiger partial charge on any atom is 0.161 e. The molecule has 1 fully saturated rings. The lowest BCUT2D eigenvalue weighted by Gasteiger charge is -2.23. The standard InChI is InChI=1S/C15H23NO3/c1-15(2)7-8-19-14(10-16-15)11-5-6-12(17-3)13(9-11)18-4/h5-6,9,14,16H,7-8,10H2,1-4H3. The van der Waals surface area contributed by atoms with Crippen molar-refractivity contribution in [1.29, 1.82) is 0 Å². The van der Waals surface area contributed by atoms with Crippen molar-refractivity contribution in [1.82, 2.24) is 5.32 Å². The summed E-state index contributed by atoms with van der Waals surface area (Å²) in [5, 5.41) is 3.54. The predicted octanol–water partition coefficient (Wildman–Crippen LogP) is 2.53. The summed E-state index contributed by atoms with van der Waals surface area (Å²) >= 11 is 0. The molecular formula is C15H23NO3. The average molecular weight is 265 g/mol. The van der Waals surface area contributed by atoms with Gasteiger partial charge < -0.3 is 19.5 Å². The van der Waals surface area contributed by atoms with Crippen LogP contribution in [0.15, 0.2) is 18.2 Å². The topological polar surface area (TPSA) is 39.7 Å². The molecule has 0 aromatic heterocycles. The van der Waals surface area contributed by atoms with E-state index in [0.29, 0.717) is 0 Å². The lowest BCUT2D eigenvalue weighted by atomic mass is 10.0. The Bertz CT molecular complexity index is 431. The third kappa shape index (κ3) is 3.39. The molecule has 1 atom stereocenters. The highest BCUT2D eigenvalue weighted by Crippen LogP contribution is 2.32. The van der Waals surface area contributed by atoms with E-state index in [1.807, 2.05) is 18.2 Å². The number of methoxy groups -OCH3 is 2. The fraction of sp³-hybridized carbons (Fsp3) is 0.600. The second-order valence-corrected chi connectivity index (χ2v) is 5.49. The van der Waals surface area contributed by atoms with Gasteiger partial charge in [0.2, 0.25) is 0 Å². The van der Waals surface area contributed by atoms with E-state index in [-0.39, 0.29) is 11.6 Å². The third-order valence-corrected chi connectivity index (χ3v) is 3.59. The number of ether oxygens (including phenoxy) is 3. The fourth-order valence-corrected chi connectivity index (χ4v) is 2.24. The van der Waals surface area contributed by atoms with Crippen molar-refractivity contribution in [2.75, 3.05) is 27.4 Å². The molecule has 4 heteroatoms. The summed E-state index contributed by atoms with van der Waals surface area (Å²) in [6.07, 6.45) is 1.07. The van der Waals surface area contributed by atoms with Crippen molar-refractivity contribution in [3.05, 3.63) is 23.8 Å². The van der Waals surface area contributed by atoms with Crippen LogP contribution >= 0.6 is 0 Å². The minimum Gasteiger partial charge on any atom is -0.493 e. The number of hydrogen-bond donors (Lipinski definition) is 1. The molecular weight excluding hydrogens is 242 g/mol. The summed E-state index contributed by atoms with van der Waals surface area (Å²) in [6.45, 7) is 5.97. The second kappa shape index (κ2) is 5.80. The quantitative estimate of drug-likeness (QED) is 0.911. The van der Waals surface area contributed by atoms with Gasteiger partial charge in [-0.2, -0.15) is 0 Å². The van der Waals surface area contributed by atoms with Crippen LogP contribution in [-0.4, -0.2) is 32.9 Å². The van der Waals surface area contributed by atoms with Crippen LogP contribution in [0, 0.1) is 0 Å². The van der Waals surface area contributed by atoms with Crippen molar-refractivity contribution in [2.45, 2.75) is 31.9 Å². The molecule has 106 valence electrons. The molecule has 1 aromatic carbocycles. The molecule has 0 bridgehead atoms. The summed E-state index contributed by atoms with van der Waals surface area (Å²) < 4.78 is 16.5. The first-order chi connectivity index (χ1) is 9.05. The Labute approximate surface area is 115 Å². The van der Waals surface area contributed by atoms with Gasteiger partial charge in [0.25, 0.3) is 0 Å². The minimum atomic E-state index is 0.0570. The highest BCUT2D eigenvalue weighted by molar-refractivity contribution is 5.43. The summed E-state index contributed by atoms with van der Waals surface area (Å²) in [5.74, 6) is 1.49. The highest BCUT2D eigenvalue weighted by Gasteiger charge is 2.25.